The predicted octanol–water partition coefficient (Wildman–Crippen LogP) is 2.44. The van der Waals surface area contributed by atoms with E-state index in [1.54, 1.807) is 6.92 Å². The fourth-order valence-corrected chi connectivity index (χ4v) is 1.66. The molecule has 0 heterocycles. The monoisotopic (exact) mass is 312 g/mol. The molecule has 112 valence electrons. The number of esters is 1. The van der Waals surface area contributed by atoms with Crippen LogP contribution < -0.4 is 5.32 Å². The smallest absolute Gasteiger partial charge is 0.332 e. The van der Waals surface area contributed by atoms with Crippen molar-refractivity contribution in [2.75, 3.05) is 6.61 Å². The highest BCUT2D eigenvalue weighted by Gasteiger charge is 2.20. The summed E-state index contributed by atoms with van der Waals surface area (Å²) in [7, 11) is 0. The van der Waals surface area contributed by atoms with Gasteiger partial charge in [-0.25, -0.2) is 4.79 Å². The Labute approximate surface area is 125 Å². The van der Waals surface area contributed by atoms with Crippen molar-refractivity contribution in [1.29, 1.82) is 0 Å². The summed E-state index contributed by atoms with van der Waals surface area (Å²) in [4.78, 5) is 33.4. The summed E-state index contributed by atoms with van der Waals surface area (Å²) in [6.07, 6.45) is 1.09. The molecule has 1 aromatic rings. The molecule has 0 aliphatic carbocycles. The first kappa shape index (κ1) is 16.6. The average molecular weight is 313 g/mol. The molecule has 1 aromatic carbocycles. The molecule has 0 aliphatic rings. The van der Waals surface area contributed by atoms with E-state index < -0.39 is 22.5 Å². The molecule has 7 nitrogen and oxygen atoms in total. The molecule has 0 aliphatic heterocycles. The van der Waals surface area contributed by atoms with Gasteiger partial charge in [-0.3, -0.25) is 14.9 Å². The SMILES string of the molecule is CCOC(=O)C=C(C)NC(=O)c1ccc(Cl)cc1[N+](=O)[O-]. The van der Waals surface area contributed by atoms with E-state index in [0.29, 0.717) is 0 Å². The Bertz CT molecular complexity index is 613. The molecule has 0 fully saturated rings. The summed E-state index contributed by atoms with van der Waals surface area (Å²) in [5, 5.41) is 13.4. The summed E-state index contributed by atoms with van der Waals surface area (Å²) in [5.41, 5.74) is -0.354. The summed E-state index contributed by atoms with van der Waals surface area (Å²) in [5.74, 6) is -1.32. The van der Waals surface area contributed by atoms with Gasteiger partial charge in [-0.15, -0.1) is 0 Å². The lowest BCUT2D eigenvalue weighted by Gasteiger charge is -2.06. The van der Waals surface area contributed by atoms with Crippen molar-refractivity contribution in [3.63, 3.8) is 0 Å². The summed E-state index contributed by atoms with van der Waals surface area (Å²) < 4.78 is 4.69. The number of rotatable bonds is 5. The first-order valence-electron chi connectivity index (χ1n) is 5.95. The van der Waals surface area contributed by atoms with E-state index in [4.69, 9.17) is 11.6 Å². The number of allylic oxidation sites excluding steroid dienone is 1. The van der Waals surface area contributed by atoms with Gasteiger partial charge in [-0.05, 0) is 26.0 Å². The second-order valence-electron chi connectivity index (χ2n) is 3.95. The second-order valence-corrected chi connectivity index (χ2v) is 4.39. The van der Waals surface area contributed by atoms with Crippen LogP contribution in [0.4, 0.5) is 5.69 Å². The third kappa shape index (κ3) is 4.88. The van der Waals surface area contributed by atoms with Crippen molar-refractivity contribution in [2.45, 2.75) is 13.8 Å². The van der Waals surface area contributed by atoms with Gasteiger partial charge < -0.3 is 10.1 Å². The highest BCUT2D eigenvalue weighted by Crippen LogP contribution is 2.23. The quantitative estimate of drug-likeness (QED) is 0.389. The molecule has 8 heteroatoms. The molecule has 0 bridgehead atoms. The van der Waals surface area contributed by atoms with Crippen molar-refractivity contribution in [3.05, 3.63) is 50.7 Å². The number of hydrogen-bond acceptors (Lipinski definition) is 5. The number of ether oxygens (including phenoxy) is 1. The number of carbonyl (C=O) groups is 2. The van der Waals surface area contributed by atoms with E-state index in [1.807, 2.05) is 0 Å². The van der Waals surface area contributed by atoms with Crippen molar-refractivity contribution in [2.24, 2.45) is 0 Å². The Morgan fingerprint density at radius 2 is 2.14 bits per heavy atom. The molecular weight excluding hydrogens is 300 g/mol. The Morgan fingerprint density at radius 1 is 1.48 bits per heavy atom. The number of nitro groups is 1. The highest BCUT2D eigenvalue weighted by molar-refractivity contribution is 6.31. The molecular formula is C13H13ClN2O5. The lowest BCUT2D eigenvalue weighted by atomic mass is 10.1. The molecule has 0 spiro atoms. The fourth-order valence-electron chi connectivity index (χ4n) is 1.49. The first-order valence-corrected chi connectivity index (χ1v) is 6.33. The minimum Gasteiger partial charge on any atom is -0.463 e. The fraction of sp³-hybridized carbons (Fsp3) is 0.231. The maximum absolute atomic E-state index is 12.0. The second kappa shape index (κ2) is 7.39. The van der Waals surface area contributed by atoms with Crippen LogP contribution in [0.25, 0.3) is 0 Å². The molecule has 1 rings (SSSR count). The number of nitrogens with zero attached hydrogens (tertiary/aromatic N) is 1. The van der Waals surface area contributed by atoms with Crippen molar-refractivity contribution in [1.82, 2.24) is 5.32 Å². The van der Waals surface area contributed by atoms with Crippen LogP contribution in [0.15, 0.2) is 30.0 Å². The number of benzene rings is 1. The van der Waals surface area contributed by atoms with Gasteiger partial charge in [0.1, 0.15) is 5.56 Å². The van der Waals surface area contributed by atoms with Crippen LogP contribution in [0, 0.1) is 10.1 Å². The predicted molar refractivity (Wildman–Crippen MR) is 76.0 cm³/mol. The van der Waals surface area contributed by atoms with E-state index in [-0.39, 0.29) is 22.9 Å². The van der Waals surface area contributed by atoms with E-state index in [1.165, 1.54) is 19.1 Å². The summed E-state index contributed by atoms with van der Waals surface area (Å²) >= 11 is 5.67. The third-order valence-electron chi connectivity index (χ3n) is 2.33. The molecule has 0 saturated carbocycles. The Kier molecular flexibility index (Phi) is 5.86. The van der Waals surface area contributed by atoms with Crippen LogP contribution in [0.1, 0.15) is 24.2 Å². The lowest BCUT2D eigenvalue weighted by Crippen LogP contribution is -2.23. The number of carbonyl (C=O) groups excluding carboxylic acids is 2. The average Bonchev–Trinajstić information content (AvgIpc) is 2.38. The van der Waals surface area contributed by atoms with Crippen LogP contribution in [-0.4, -0.2) is 23.4 Å². The van der Waals surface area contributed by atoms with Gasteiger partial charge in [-0.2, -0.15) is 0 Å². The van der Waals surface area contributed by atoms with Gasteiger partial charge >= 0.3 is 5.97 Å². The molecule has 0 unspecified atom stereocenters. The third-order valence-corrected chi connectivity index (χ3v) is 2.57. The Balaban J connectivity index is 2.95. The zero-order chi connectivity index (χ0) is 16.0. The summed E-state index contributed by atoms with van der Waals surface area (Å²) in [6.45, 7) is 3.33. The van der Waals surface area contributed by atoms with Crippen LogP contribution in [0.5, 0.6) is 0 Å². The molecule has 1 amide bonds. The van der Waals surface area contributed by atoms with E-state index in [0.717, 1.165) is 12.1 Å². The number of nitro benzene ring substituents is 1. The van der Waals surface area contributed by atoms with Gasteiger partial charge in [0.15, 0.2) is 0 Å². The van der Waals surface area contributed by atoms with Crippen LogP contribution in [0.2, 0.25) is 5.02 Å². The van der Waals surface area contributed by atoms with Crippen molar-refractivity contribution < 1.29 is 19.2 Å². The number of nitrogens with one attached hydrogen (secondary N) is 1. The molecule has 21 heavy (non-hydrogen) atoms. The Morgan fingerprint density at radius 3 is 2.71 bits per heavy atom. The van der Waals surface area contributed by atoms with Crippen molar-refractivity contribution in [3.8, 4) is 0 Å². The lowest BCUT2D eigenvalue weighted by molar-refractivity contribution is -0.385. The molecule has 0 radical (unpaired) electrons. The number of halogens is 1. The zero-order valence-electron chi connectivity index (χ0n) is 11.4. The summed E-state index contributed by atoms with van der Waals surface area (Å²) in [6, 6.07) is 3.70. The topological polar surface area (TPSA) is 98.5 Å². The maximum atomic E-state index is 12.0. The highest BCUT2D eigenvalue weighted by atomic mass is 35.5. The van der Waals surface area contributed by atoms with Gasteiger partial charge in [0.25, 0.3) is 11.6 Å². The van der Waals surface area contributed by atoms with E-state index in [2.05, 4.69) is 10.1 Å². The van der Waals surface area contributed by atoms with Gasteiger partial charge in [0.05, 0.1) is 11.5 Å². The van der Waals surface area contributed by atoms with Gasteiger partial charge in [0.2, 0.25) is 0 Å². The Hall–Kier alpha value is -2.41. The van der Waals surface area contributed by atoms with Gasteiger partial charge in [0, 0.05) is 22.9 Å². The van der Waals surface area contributed by atoms with Crippen molar-refractivity contribution >= 4 is 29.2 Å². The zero-order valence-corrected chi connectivity index (χ0v) is 12.1. The minimum absolute atomic E-state index is 0.150. The minimum atomic E-state index is -0.712. The van der Waals surface area contributed by atoms with E-state index in [9.17, 15) is 19.7 Å². The normalized spacial score (nSPS) is 10.9. The largest absolute Gasteiger partial charge is 0.463 e. The standard InChI is InChI=1S/C13H13ClN2O5/c1-3-21-12(17)6-8(2)15-13(18)10-5-4-9(14)7-11(10)16(19)20/h4-7H,3H2,1-2H3,(H,15,18). The number of amides is 1. The van der Waals surface area contributed by atoms with Crippen LogP contribution in [0.3, 0.4) is 0 Å². The van der Waals surface area contributed by atoms with Crippen LogP contribution in [-0.2, 0) is 9.53 Å². The van der Waals surface area contributed by atoms with Crippen LogP contribution >= 0.6 is 11.6 Å². The van der Waals surface area contributed by atoms with Gasteiger partial charge in [-0.1, -0.05) is 11.6 Å². The first-order chi connectivity index (χ1) is 9.85. The molecule has 0 aromatic heterocycles. The molecule has 0 atom stereocenters. The number of hydrogen-bond donors (Lipinski definition) is 1. The van der Waals surface area contributed by atoms with E-state index >= 15 is 0 Å². The molecule has 0 saturated heterocycles. The maximum Gasteiger partial charge on any atom is 0.332 e. The molecule has 1 N–H and O–H groups in total.